The number of anilines is 1. The average molecular weight is 269 g/mol. The molecule has 4 nitrogen and oxygen atoms in total. The fourth-order valence-corrected chi connectivity index (χ4v) is 3.31. The maximum absolute atomic E-state index is 5.67. The number of aromatic nitrogens is 2. The smallest absolute Gasteiger partial charge is 0.180 e. The summed E-state index contributed by atoms with van der Waals surface area (Å²) >= 11 is 3.09. The van der Waals surface area contributed by atoms with Gasteiger partial charge in [0.1, 0.15) is 5.01 Å². The van der Waals surface area contributed by atoms with Crippen molar-refractivity contribution in [1.29, 1.82) is 0 Å². The highest BCUT2D eigenvalue weighted by molar-refractivity contribution is 7.16. The van der Waals surface area contributed by atoms with Gasteiger partial charge in [0, 0.05) is 12.5 Å². The lowest BCUT2D eigenvalue weighted by Crippen LogP contribution is -1.92. The molecule has 2 rings (SSSR count). The third kappa shape index (κ3) is 2.65. The van der Waals surface area contributed by atoms with Crippen molar-refractivity contribution in [2.75, 3.05) is 12.8 Å². The van der Waals surface area contributed by atoms with Gasteiger partial charge in [0.2, 0.25) is 0 Å². The van der Waals surface area contributed by atoms with Gasteiger partial charge in [-0.05, 0) is 5.92 Å². The molecule has 0 saturated heterocycles. The second kappa shape index (κ2) is 5.12. The Labute approximate surface area is 108 Å². The minimum absolute atomic E-state index is 0.370. The number of nitrogen functional groups attached to an aromatic ring is 1. The molecule has 0 aromatic carbocycles. The van der Waals surface area contributed by atoms with Gasteiger partial charge in [-0.25, -0.2) is 9.97 Å². The van der Waals surface area contributed by atoms with Crippen molar-refractivity contribution in [3.05, 3.63) is 16.1 Å². The molecule has 0 spiro atoms. The van der Waals surface area contributed by atoms with E-state index in [0.717, 1.165) is 21.3 Å². The topological polar surface area (TPSA) is 61.0 Å². The number of nitrogens with zero attached hydrogens (tertiary/aromatic N) is 2. The molecule has 0 aliphatic heterocycles. The van der Waals surface area contributed by atoms with E-state index in [1.807, 2.05) is 5.38 Å². The van der Waals surface area contributed by atoms with E-state index >= 15 is 0 Å². The van der Waals surface area contributed by atoms with Gasteiger partial charge in [-0.3, -0.25) is 0 Å². The Hall–Kier alpha value is -0.980. The van der Waals surface area contributed by atoms with Gasteiger partial charge in [0.15, 0.2) is 5.13 Å². The molecule has 6 heteroatoms. The van der Waals surface area contributed by atoms with E-state index in [2.05, 4.69) is 23.8 Å². The van der Waals surface area contributed by atoms with Crippen LogP contribution >= 0.6 is 22.7 Å². The fourth-order valence-electron chi connectivity index (χ4n) is 1.53. The van der Waals surface area contributed by atoms with Crippen LogP contribution in [-0.2, 0) is 11.3 Å². The highest BCUT2D eigenvalue weighted by Gasteiger charge is 2.17. The molecule has 0 amide bonds. The number of nitrogens with two attached hydrogens (primary N) is 1. The van der Waals surface area contributed by atoms with Crippen LogP contribution in [0.3, 0.4) is 0 Å². The first-order valence-corrected chi connectivity index (χ1v) is 7.01. The molecule has 17 heavy (non-hydrogen) atoms. The van der Waals surface area contributed by atoms with Crippen LogP contribution in [0.5, 0.6) is 0 Å². The quantitative estimate of drug-likeness (QED) is 0.926. The van der Waals surface area contributed by atoms with E-state index in [4.69, 9.17) is 10.5 Å². The standard InChI is InChI=1S/C11H15N3OS2/c1-6(2)9-10(7-5-16-11(12)13-7)17-8(14-9)4-15-3/h5-6H,4H2,1-3H3,(H2,12,13). The molecule has 0 fully saturated rings. The summed E-state index contributed by atoms with van der Waals surface area (Å²) in [6.07, 6.45) is 0. The zero-order chi connectivity index (χ0) is 12.4. The largest absolute Gasteiger partial charge is 0.378 e. The van der Waals surface area contributed by atoms with Gasteiger partial charge in [-0.1, -0.05) is 13.8 Å². The van der Waals surface area contributed by atoms with Crippen molar-refractivity contribution in [1.82, 2.24) is 9.97 Å². The summed E-state index contributed by atoms with van der Waals surface area (Å²) in [6.45, 7) is 4.81. The molecule has 0 aliphatic rings. The maximum atomic E-state index is 5.67. The number of thiazole rings is 2. The molecule has 0 aliphatic carbocycles. The Bertz CT molecular complexity index is 505. The van der Waals surface area contributed by atoms with Crippen molar-refractivity contribution in [3.63, 3.8) is 0 Å². The van der Waals surface area contributed by atoms with Crippen LogP contribution in [0.2, 0.25) is 0 Å². The molecule has 0 atom stereocenters. The van der Waals surface area contributed by atoms with Gasteiger partial charge in [-0.15, -0.1) is 22.7 Å². The summed E-state index contributed by atoms with van der Waals surface area (Å²) in [5.74, 6) is 0.370. The van der Waals surface area contributed by atoms with Crippen LogP contribution in [0.15, 0.2) is 5.38 Å². The van der Waals surface area contributed by atoms with Crippen LogP contribution in [0.25, 0.3) is 10.6 Å². The molecular formula is C11H15N3OS2. The van der Waals surface area contributed by atoms with E-state index in [-0.39, 0.29) is 0 Å². The molecule has 2 aromatic heterocycles. The molecule has 0 unspecified atom stereocenters. The Morgan fingerprint density at radius 3 is 2.71 bits per heavy atom. The molecule has 2 N–H and O–H groups in total. The van der Waals surface area contributed by atoms with Gasteiger partial charge >= 0.3 is 0 Å². The molecule has 92 valence electrons. The first kappa shape index (κ1) is 12.5. The van der Waals surface area contributed by atoms with Gasteiger partial charge in [0.05, 0.1) is 22.9 Å². The zero-order valence-corrected chi connectivity index (χ0v) is 11.7. The third-order valence-corrected chi connectivity index (χ3v) is 4.01. The summed E-state index contributed by atoms with van der Waals surface area (Å²) in [5, 5.41) is 3.56. The Kier molecular flexibility index (Phi) is 3.76. The number of ether oxygens (including phenoxy) is 1. The summed E-state index contributed by atoms with van der Waals surface area (Å²) in [7, 11) is 1.68. The number of hydrogen-bond donors (Lipinski definition) is 1. The third-order valence-electron chi connectivity index (χ3n) is 2.27. The average Bonchev–Trinajstić information content (AvgIpc) is 2.84. The normalized spacial score (nSPS) is 11.3. The first-order valence-electron chi connectivity index (χ1n) is 5.31. The molecule has 0 bridgehead atoms. The molecule has 2 aromatic rings. The predicted octanol–water partition coefficient (Wildman–Crippen LogP) is 3.12. The summed E-state index contributed by atoms with van der Waals surface area (Å²) < 4.78 is 5.12. The van der Waals surface area contributed by atoms with Crippen molar-refractivity contribution in [2.45, 2.75) is 26.4 Å². The van der Waals surface area contributed by atoms with Crippen LogP contribution in [0.1, 0.15) is 30.5 Å². The maximum Gasteiger partial charge on any atom is 0.180 e. The number of hydrogen-bond acceptors (Lipinski definition) is 6. The van der Waals surface area contributed by atoms with Crippen molar-refractivity contribution in [3.8, 4) is 10.6 Å². The summed E-state index contributed by atoms with van der Waals surface area (Å²) in [5.41, 5.74) is 7.68. The van der Waals surface area contributed by atoms with E-state index in [0.29, 0.717) is 17.7 Å². The minimum atomic E-state index is 0.370. The van der Waals surface area contributed by atoms with E-state index in [9.17, 15) is 0 Å². The minimum Gasteiger partial charge on any atom is -0.378 e. The summed E-state index contributed by atoms with van der Waals surface area (Å²) in [6, 6.07) is 0. The lowest BCUT2D eigenvalue weighted by Gasteiger charge is -2.02. The Morgan fingerprint density at radius 2 is 2.18 bits per heavy atom. The van der Waals surface area contributed by atoms with Crippen molar-refractivity contribution >= 4 is 27.8 Å². The predicted molar refractivity (Wildman–Crippen MR) is 72.4 cm³/mol. The second-order valence-corrected chi connectivity index (χ2v) is 5.95. The number of methoxy groups -OCH3 is 1. The molecule has 0 radical (unpaired) electrons. The lowest BCUT2D eigenvalue weighted by molar-refractivity contribution is 0.184. The van der Waals surface area contributed by atoms with Crippen molar-refractivity contribution < 1.29 is 4.74 Å². The zero-order valence-electron chi connectivity index (χ0n) is 10.1. The fraction of sp³-hybridized carbons (Fsp3) is 0.455. The second-order valence-electron chi connectivity index (χ2n) is 3.98. The highest BCUT2D eigenvalue weighted by Crippen LogP contribution is 2.35. The van der Waals surface area contributed by atoms with Gasteiger partial charge < -0.3 is 10.5 Å². The Morgan fingerprint density at radius 1 is 1.41 bits per heavy atom. The van der Waals surface area contributed by atoms with Crippen molar-refractivity contribution in [2.24, 2.45) is 0 Å². The lowest BCUT2D eigenvalue weighted by atomic mass is 10.1. The van der Waals surface area contributed by atoms with E-state index in [1.165, 1.54) is 11.3 Å². The molecule has 0 saturated carbocycles. The molecule has 2 heterocycles. The Balaban J connectivity index is 2.44. The highest BCUT2D eigenvalue weighted by atomic mass is 32.1. The van der Waals surface area contributed by atoms with Crippen LogP contribution in [-0.4, -0.2) is 17.1 Å². The SMILES string of the molecule is COCc1nc(C(C)C)c(-c2csc(N)n2)s1. The van der Waals surface area contributed by atoms with Crippen LogP contribution in [0.4, 0.5) is 5.13 Å². The van der Waals surface area contributed by atoms with Crippen LogP contribution in [0, 0.1) is 0 Å². The van der Waals surface area contributed by atoms with Crippen LogP contribution < -0.4 is 5.73 Å². The molecular weight excluding hydrogens is 254 g/mol. The number of rotatable bonds is 4. The van der Waals surface area contributed by atoms with E-state index in [1.54, 1.807) is 18.4 Å². The summed E-state index contributed by atoms with van der Waals surface area (Å²) in [4.78, 5) is 10.0. The van der Waals surface area contributed by atoms with Gasteiger partial charge in [-0.2, -0.15) is 0 Å². The van der Waals surface area contributed by atoms with E-state index < -0.39 is 0 Å². The first-order chi connectivity index (χ1) is 8.11. The van der Waals surface area contributed by atoms with Gasteiger partial charge in [0.25, 0.3) is 0 Å². The monoisotopic (exact) mass is 269 g/mol.